The highest BCUT2D eigenvalue weighted by molar-refractivity contribution is 5.86. The van der Waals surface area contributed by atoms with E-state index in [2.05, 4.69) is 24.0 Å². The molecule has 0 radical (unpaired) electrons. The molecule has 1 aromatic rings. The molecule has 2 nitrogen and oxygen atoms in total. The predicted octanol–water partition coefficient (Wildman–Crippen LogP) is 1.88. The zero-order valence-corrected chi connectivity index (χ0v) is 7.60. The van der Waals surface area contributed by atoms with Crippen LogP contribution in [-0.2, 0) is 4.79 Å². The topological polar surface area (TPSA) is 37.3 Å². The number of carbonyl (C=O) groups is 1. The minimum absolute atomic E-state index is 0.244. The fourth-order valence-electron chi connectivity index (χ4n) is 1.58. The van der Waals surface area contributed by atoms with Crippen molar-refractivity contribution in [3.8, 4) is 11.8 Å². The second-order valence-corrected chi connectivity index (χ2v) is 3.43. The first kappa shape index (κ1) is 8.83. The third kappa shape index (κ3) is 1.94. The third-order valence-electron chi connectivity index (χ3n) is 2.38. The van der Waals surface area contributed by atoms with Gasteiger partial charge < -0.3 is 5.11 Å². The van der Waals surface area contributed by atoms with E-state index in [1.54, 1.807) is 0 Å². The molecule has 2 unspecified atom stereocenters. The van der Waals surface area contributed by atoms with Gasteiger partial charge in [-0.3, -0.25) is 0 Å². The van der Waals surface area contributed by atoms with Crippen molar-refractivity contribution in [3.05, 3.63) is 35.9 Å². The van der Waals surface area contributed by atoms with Gasteiger partial charge in [0.1, 0.15) is 0 Å². The predicted molar refractivity (Wildman–Crippen MR) is 52.7 cm³/mol. The molecule has 2 atom stereocenters. The summed E-state index contributed by atoms with van der Waals surface area (Å²) in [6.45, 7) is 0. The molecular formula is C12H10O2. The van der Waals surface area contributed by atoms with Crippen molar-refractivity contribution >= 4 is 5.97 Å². The van der Waals surface area contributed by atoms with Gasteiger partial charge in [0.15, 0.2) is 0 Å². The average molecular weight is 186 g/mol. The van der Waals surface area contributed by atoms with E-state index in [4.69, 9.17) is 5.11 Å². The van der Waals surface area contributed by atoms with Crippen LogP contribution in [0, 0.1) is 17.8 Å². The lowest BCUT2D eigenvalue weighted by Crippen LogP contribution is -1.87. The number of rotatable bonds is 1. The Balaban J connectivity index is 2.01. The minimum atomic E-state index is -1.04. The van der Waals surface area contributed by atoms with Gasteiger partial charge in [0, 0.05) is 11.8 Å². The summed E-state index contributed by atoms with van der Waals surface area (Å²) in [6.07, 6.45) is 0.990. The summed E-state index contributed by atoms with van der Waals surface area (Å²) >= 11 is 0. The fraction of sp³-hybridized carbons (Fsp3) is 0.250. The zero-order chi connectivity index (χ0) is 9.97. The van der Waals surface area contributed by atoms with Gasteiger partial charge in [0.2, 0.25) is 0 Å². The highest BCUT2D eigenvalue weighted by Gasteiger charge is 2.36. The summed E-state index contributed by atoms with van der Waals surface area (Å²) in [5.41, 5.74) is 1.26. The van der Waals surface area contributed by atoms with Crippen LogP contribution in [-0.4, -0.2) is 11.1 Å². The number of carboxylic acids is 1. The van der Waals surface area contributed by atoms with E-state index in [-0.39, 0.29) is 5.92 Å². The Morgan fingerprint density at radius 1 is 1.36 bits per heavy atom. The molecule has 14 heavy (non-hydrogen) atoms. The number of hydrogen-bond donors (Lipinski definition) is 1. The number of hydrogen-bond acceptors (Lipinski definition) is 1. The molecule has 0 spiro atoms. The van der Waals surface area contributed by atoms with Crippen molar-refractivity contribution in [3.63, 3.8) is 0 Å². The summed E-state index contributed by atoms with van der Waals surface area (Å²) in [7, 11) is 0. The smallest absolute Gasteiger partial charge is 0.381 e. The van der Waals surface area contributed by atoms with Crippen molar-refractivity contribution in [2.75, 3.05) is 0 Å². The maximum Gasteiger partial charge on any atom is 0.381 e. The second-order valence-electron chi connectivity index (χ2n) is 3.43. The molecule has 2 rings (SSSR count). The first-order valence-corrected chi connectivity index (χ1v) is 4.57. The molecule has 1 saturated carbocycles. The van der Waals surface area contributed by atoms with Crippen LogP contribution in [0.2, 0.25) is 0 Å². The Hall–Kier alpha value is -1.75. The number of benzene rings is 1. The lowest BCUT2D eigenvalue weighted by Gasteiger charge is -1.94. The van der Waals surface area contributed by atoms with Crippen molar-refractivity contribution in [1.29, 1.82) is 0 Å². The molecule has 0 aromatic heterocycles. The van der Waals surface area contributed by atoms with Gasteiger partial charge in [0.25, 0.3) is 0 Å². The maximum absolute atomic E-state index is 10.2. The molecule has 1 aliphatic carbocycles. The monoisotopic (exact) mass is 186 g/mol. The molecule has 2 heteroatoms. The minimum Gasteiger partial charge on any atom is -0.472 e. The Kier molecular flexibility index (Phi) is 2.24. The second kappa shape index (κ2) is 3.55. The fourth-order valence-corrected chi connectivity index (χ4v) is 1.58. The van der Waals surface area contributed by atoms with Gasteiger partial charge >= 0.3 is 5.97 Å². The summed E-state index contributed by atoms with van der Waals surface area (Å²) in [6, 6.07) is 10.1. The van der Waals surface area contributed by atoms with Crippen LogP contribution in [0.15, 0.2) is 30.3 Å². The quantitative estimate of drug-likeness (QED) is 0.680. The average Bonchev–Trinajstić information content (AvgIpc) is 2.95. The van der Waals surface area contributed by atoms with Gasteiger partial charge in [-0.05, 0) is 17.9 Å². The van der Waals surface area contributed by atoms with Gasteiger partial charge in [0.05, 0.1) is 0 Å². The summed E-state index contributed by atoms with van der Waals surface area (Å²) in [5.74, 6) is 4.58. The highest BCUT2D eigenvalue weighted by atomic mass is 16.4. The first-order valence-electron chi connectivity index (χ1n) is 4.57. The molecule has 70 valence electrons. The van der Waals surface area contributed by atoms with Gasteiger partial charge in [-0.15, -0.1) is 0 Å². The van der Waals surface area contributed by atoms with Crippen molar-refractivity contribution in [1.82, 2.24) is 0 Å². The Labute approximate surface area is 82.6 Å². The molecule has 0 saturated heterocycles. The van der Waals surface area contributed by atoms with Crippen molar-refractivity contribution in [2.45, 2.75) is 12.3 Å². The van der Waals surface area contributed by atoms with Crippen LogP contribution < -0.4 is 0 Å². The molecule has 0 aliphatic heterocycles. The lowest BCUT2D eigenvalue weighted by molar-refractivity contribution is -0.130. The van der Waals surface area contributed by atoms with Crippen molar-refractivity contribution < 1.29 is 9.90 Å². The van der Waals surface area contributed by atoms with E-state index in [0.29, 0.717) is 5.92 Å². The summed E-state index contributed by atoms with van der Waals surface area (Å²) < 4.78 is 0. The van der Waals surface area contributed by atoms with E-state index in [1.807, 2.05) is 18.2 Å². The van der Waals surface area contributed by atoms with Crippen molar-refractivity contribution in [2.24, 2.45) is 5.92 Å². The Bertz CT molecular complexity index is 397. The normalized spacial score (nSPS) is 23.4. The van der Waals surface area contributed by atoms with E-state index in [1.165, 1.54) is 5.56 Å². The van der Waals surface area contributed by atoms with E-state index < -0.39 is 5.97 Å². The largest absolute Gasteiger partial charge is 0.472 e. The van der Waals surface area contributed by atoms with Crippen LogP contribution in [0.1, 0.15) is 17.9 Å². The van der Waals surface area contributed by atoms with Crippen LogP contribution >= 0.6 is 0 Å². The SMILES string of the molecule is O=C(O)C#CC1CC1c1ccccc1. The van der Waals surface area contributed by atoms with E-state index >= 15 is 0 Å². The Morgan fingerprint density at radius 2 is 2.07 bits per heavy atom. The van der Waals surface area contributed by atoms with Gasteiger partial charge in [-0.1, -0.05) is 36.3 Å². The van der Waals surface area contributed by atoms with Gasteiger partial charge in [-0.2, -0.15) is 0 Å². The highest BCUT2D eigenvalue weighted by Crippen LogP contribution is 2.46. The molecule has 0 heterocycles. The third-order valence-corrected chi connectivity index (χ3v) is 2.38. The van der Waals surface area contributed by atoms with Crippen LogP contribution in [0.5, 0.6) is 0 Å². The summed E-state index contributed by atoms with van der Waals surface area (Å²) in [4.78, 5) is 10.2. The van der Waals surface area contributed by atoms with Crippen LogP contribution in [0.3, 0.4) is 0 Å². The van der Waals surface area contributed by atoms with E-state index in [0.717, 1.165) is 6.42 Å². The van der Waals surface area contributed by atoms with E-state index in [9.17, 15) is 4.79 Å². The molecule has 0 bridgehead atoms. The first-order chi connectivity index (χ1) is 6.77. The molecule has 0 amide bonds. The number of carboxylic acid groups (broad SMARTS) is 1. The molecule has 1 aliphatic rings. The zero-order valence-electron chi connectivity index (χ0n) is 7.60. The molecule has 1 fully saturated rings. The Morgan fingerprint density at radius 3 is 2.71 bits per heavy atom. The molecule has 1 N–H and O–H groups in total. The van der Waals surface area contributed by atoms with Crippen LogP contribution in [0.25, 0.3) is 0 Å². The van der Waals surface area contributed by atoms with Gasteiger partial charge in [-0.25, -0.2) is 4.79 Å². The molecule has 1 aromatic carbocycles. The number of aliphatic carboxylic acids is 1. The lowest BCUT2D eigenvalue weighted by atomic mass is 10.1. The maximum atomic E-state index is 10.2. The molecular weight excluding hydrogens is 176 g/mol. The summed E-state index contributed by atoms with van der Waals surface area (Å²) in [5, 5.41) is 8.37. The van der Waals surface area contributed by atoms with Crippen LogP contribution in [0.4, 0.5) is 0 Å². The standard InChI is InChI=1S/C12H10O2/c13-12(14)7-6-10-8-11(10)9-4-2-1-3-5-9/h1-5,10-11H,8H2,(H,13,14).